The number of ether oxygens (including phenoxy) is 2. The lowest BCUT2D eigenvalue weighted by molar-refractivity contribution is 0.0456. The SMILES string of the molecule is COc1cn(-c2ccccc2)nc1C(=O)OCc1ccn(-c2ccccc2)n1. The third-order valence-electron chi connectivity index (χ3n) is 4.13. The minimum atomic E-state index is -0.569. The highest BCUT2D eigenvalue weighted by Gasteiger charge is 2.20. The van der Waals surface area contributed by atoms with E-state index >= 15 is 0 Å². The number of para-hydroxylation sites is 2. The fraction of sp³-hybridized carbons (Fsp3) is 0.0952. The first-order valence-corrected chi connectivity index (χ1v) is 8.71. The Labute approximate surface area is 161 Å². The maximum absolute atomic E-state index is 12.5. The summed E-state index contributed by atoms with van der Waals surface area (Å²) in [6.07, 6.45) is 3.47. The van der Waals surface area contributed by atoms with Gasteiger partial charge in [0.05, 0.1) is 24.7 Å². The molecule has 0 fully saturated rings. The Morgan fingerprint density at radius 3 is 2.18 bits per heavy atom. The van der Waals surface area contributed by atoms with E-state index in [1.807, 2.05) is 66.9 Å². The molecule has 0 aliphatic heterocycles. The minimum Gasteiger partial charge on any atom is -0.493 e. The second-order valence-corrected chi connectivity index (χ2v) is 5.99. The van der Waals surface area contributed by atoms with Crippen LogP contribution in [0, 0.1) is 0 Å². The summed E-state index contributed by atoms with van der Waals surface area (Å²) >= 11 is 0. The average molecular weight is 374 g/mol. The molecule has 140 valence electrons. The number of aromatic nitrogens is 4. The van der Waals surface area contributed by atoms with Gasteiger partial charge in [-0.3, -0.25) is 0 Å². The molecule has 0 atom stereocenters. The summed E-state index contributed by atoms with van der Waals surface area (Å²) in [5.41, 5.74) is 2.51. The molecule has 4 aromatic rings. The predicted octanol–water partition coefficient (Wildman–Crippen LogP) is 3.42. The number of rotatable bonds is 6. The molecule has 0 N–H and O–H groups in total. The number of carbonyl (C=O) groups excluding carboxylic acids is 1. The van der Waals surface area contributed by atoms with Crippen LogP contribution in [0.5, 0.6) is 5.75 Å². The lowest BCUT2D eigenvalue weighted by atomic mass is 10.3. The lowest BCUT2D eigenvalue weighted by Crippen LogP contribution is -2.09. The molecule has 2 aromatic carbocycles. The number of nitrogens with zero attached hydrogens (tertiary/aromatic N) is 4. The molecule has 0 unspecified atom stereocenters. The van der Waals surface area contributed by atoms with Gasteiger partial charge in [0.15, 0.2) is 5.75 Å². The third kappa shape index (κ3) is 3.64. The van der Waals surface area contributed by atoms with E-state index in [4.69, 9.17) is 9.47 Å². The number of hydrogen-bond donors (Lipinski definition) is 0. The van der Waals surface area contributed by atoms with Gasteiger partial charge in [-0.2, -0.15) is 10.2 Å². The Balaban J connectivity index is 1.47. The molecular formula is C21H18N4O3. The van der Waals surface area contributed by atoms with Crippen LogP contribution in [0.15, 0.2) is 79.1 Å². The standard InChI is InChI=1S/C21H18N4O3/c1-27-19-14-25(18-10-6-3-7-11-18)23-20(19)21(26)28-15-16-12-13-24(22-16)17-8-4-2-5-9-17/h2-14H,15H2,1H3. The Bertz CT molecular complexity index is 1070. The van der Waals surface area contributed by atoms with E-state index in [1.54, 1.807) is 21.6 Å². The van der Waals surface area contributed by atoms with Crippen molar-refractivity contribution in [3.05, 3.63) is 90.5 Å². The van der Waals surface area contributed by atoms with Crippen molar-refractivity contribution < 1.29 is 14.3 Å². The van der Waals surface area contributed by atoms with Gasteiger partial charge in [-0.25, -0.2) is 14.2 Å². The molecule has 2 heterocycles. The Hall–Kier alpha value is -3.87. The van der Waals surface area contributed by atoms with E-state index in [9.17, 15) is 4.79 Å². The normalized spacial score (nSPS) is 10.6. The fourth-order valence-electron chi connectivity index (χ4n) is 2.73. The molecule has 0 saturated carbocycles. The van der Waals surface area contributed by atoms with Gasteiger partial charge in [0.25, 0.3) is 0 Å². The van der Waals surface area contributed by atoms with Gasteiger partial charge >= 0.3 is 5.97 Å². The van der Waals surface area contributed by atoms with Crippen LogP contribution in [-0.2, 0) is 11.3 Å². The summed E-state index contributed by atoms with van der Waals surface area (Å²) < 4.78 is 14.0. The monoisotopic (exact) mass is 374 g/mol. The smallest absolute Gasteiger partial charge is 0.363 e. The first-order valence-electron chi connectivity index (χ1n) is 8.71. The van der Waals surface area contributed by atoms with Crippen LogP contribution in [0.25, 0.3) is 11.4 Å². The van der Waals surface area contributed by atoms with Crippen molar-refractivity contribution in [1.82, 2.24) is 19.6 Å². The van der Waals surface area contributed by atoms with Crippen LogP contribution in [0.4, 0.5) is 0 Å². The van der Waals surface area contributed by atoms with Gasteiger partial charge in [-0.15, -0.1) is 0 Å². The van der Waals surface area contributed by atoms with Crippen molar-refractivity contribution in [1.29, 1.82) is 0 Å². The van der Waals surface area contributed by atoms with Gasteiger partial charge in [0.2, 0.25) is 5.69 Å². The van der Waals surface area contributed by atoms with E-state index in [1.165, 1.54) is 7.11 Å². The largest absolute Gasteiger partial charge is 0.493 e. The molecule has 7 nitrogen and oxygen atoms in total. The van der Waals surface area contributed by atoms with E-state index < -0.39 is 5.97 Å². The van der Waals surface area contributed by atoms with E-state index in [0.717, 1.165) is 11.4 Å². The molecule has 0 aliphatic carbocycles. The summed E-state index contributed by atoms with van der Waals surface area (Å²) in [4.78, 5) is 12.5. The minimum absolute atomic E-state index is 0.0417. The molecule has 0 aliphatic rings. The third-order valence-corrected chi connectivity index (χ3v) is 4.13. The van der Waals surface area contributed by atoms with Crippen LogP contribution in [0.2, 0.25) is 0 Å². The Morgan fingerprint density at radius 2 is 1.54 bits per heavy atom. The van der Waals surface area contributed by atoms with Crippen molar-refractivity contribution in [3.8, 4) is 17.1 Å². The highest BCUT2D eigenvalue weighted by Crippen LogP contribution is 2.20. The average Bonchev–Trinajstić information content (AvgIpc) is 3.40. The molecule has 7 heteroatoms. The predicted molar refractivity (Wildman–Crippen MR) is 103 cm³/mol. The number of benzene rings is 2. The van der Waals surface area contributed by atoms with Crippen LogP contribution >= 0.6 is 0 Å². The number of hydrogen-bond acceptors (Lipinski definition) is 5. The highest BCUT2D eigenvalue weighted by molar-refractivity contribution is 5.90. The molecule has 4 rings (SSSR count). The maximum atomic E-state index is 12.5. The number of esters is 1. The van der Waals surface area contributed by atoms with Crippen molar-refractivity contribution in [3.63, 3.8) is 0 Å². The van der Waals surface area contributed by atoms with Crippen molar-refractivity contribution in [2.45, 2.75) is 6.61 Å². The van der Waals surface area contributed by atoms with Crippen molar-refractivity contribution in [2.75, 3.05) is 7.11 Å². The molecular weight excluding hydrogens is 356 g/mol. The fourth-order valence-corrected chi connectivity index (χ4v) is 2.73. The summed E-state index contributed by atoms with van der Waals surface area (Å²) in [6, 6.07) is 21.0. The zero-order chi connectivity index (χ0) is 19.3. The first kappa shape index (κ1) is 17.5. The quantitative estimate of drug-likeness (QED) is 0.484. The topological polar surface area (TPSA) is 71.2 Å². The maximum Gasteiger partial charge on any atom is 0.363 e. The number of methoxy groups -OCH3 is 1. The lowest BCUT2D eigenvalue weighted by Gasteiger charge is -2.03. The van der Waals surface area contributed by atoms with Crippen LogP contribution < -0.4 is 4.74 Å². The van der Waals surface area contributed by atoms with Crippen molar-refractivity contribution >= 4 is 5.97 Å². The van der Waals surface area contributed by atoms with Gasteiger partial charge in [-0.05, 0) is 30.3 Å². The van der Waals surface area contributed by atoms with Gasteiger partial charge in [-0.1, -0.05) is 36.4 Å². The van der Waals surface area contributed by atoms with Crippen LogP contribution in [-0.4, -0.2) is 32.6 Å². The van der Waals surface area contributed by atoms with E-state index in [0.29, 0.717) is 11.4 Å². The summed E-state index contributed by atoms with van der Waals surface area (Å²) in [7, 11) is 1.49. The van der Waals surface area contributed by atoms with Crippen molar-refractivity contribution in [2.24, 2.45) is 0 Å². The molecule has 0 amide bonds. The second kappa shape index (κ2) is 7.79. The summed E-state index contributed by atoms with van der Waals surface area (Å²) in [5.74, 6) is -0.218. The molecule has 2 aromatic heterocycles. The summed E-state index contributed by atoms with van der Waals surface area (Å²) in [5, 5.41) is 8.73. The van der Waals surface area contributed by atoms with Gasteiger partial charge in [0, 0.05) is 6.20 Å². The van der Waals surface area contributed by atoms with E-state index in [-0.39, 0.29) is 12.3 Å². The Kier molecular flexibility index (Phi) is 4.88. The van der Waals surface area contributed by atoms with E-state index in [2.05, 4.69) is 10.2 Å². The molecule has 0 radical (unpaired) electrons. The van der Waals surface area contributed by atoms with Crippen LogP contribution in [0.1, 0.15) is 16.2 Å². The summed E-state index contributed by atoms with van der Waals surface area (Å²) in [6.45, 7) is 0.0417. The zero-order valence-electron chi connectivity index (χ0n) is 15.2. The zero-order valence-corrected chi connectivity index (χ0v) is 15.2. The first-order chi connectivity index (χ1) is 13.7. The highest BCUT2D eigenvalue weighted by atomic mass is 16.5. The molecule has 0 saturated heterocycles. The molecule has 0 spiro atoms. The second-order valence-electron chi connectivity index (χ2n) is 5.99. The Morgan fingerprint density at radius 1 is 0.893 bits per heavy atom. The number of carbonyl (C=O) groups is 1. The molecule has 0 bridgehead atoms. The van der Waals surface area contributed by atoms with Gasteiger partial charge in [0.1, 0.15) is 12.3 Å². The molecule has 28 heavy (non-hydrogen) atoms. The van der Waals surface area contributed by atoms with Crippen LogP contribution in [0.3, 0.4) is 0 Å². The van der Waals surface area contributed by atoms with Gasteiger partial charge < -0.3 is 9.47 Å².